The summed E-state index contributed by atoms with van der Waals surface area (Å²) in [7, 11) is 0. The first kappa shape index (κ1) is 15.8. The minimum absolute atomic E-state index is 0.629. The Labute approximate surface area is 131 Å². The standard InChI is InChI=1S/C18H22N4/c1-13(15-7-3-5-9-17(15)19)21-11-12-22-14(2)16-8-4-6-10-18(16)20/h3-10H,11-12,19-20H2,1-2H3. The third kappa shape index (κ3) is 3.95. The smallest absolute Gasteiger partial charge is 0.0588 e. The van der Waals surface area contributed by atoms with Gasteiger partial charge in [-0.25, -0.2) is 0 Å². The number of hydrogen-bond donors (Lipinski definition) is 2. The van der Waals surface area contributed by atoms with Gasteiger partial charge < -0.3 is 11.5 Å². The first-order valence-electron chi connectivity index (χ1n) is 7.31. The minimum atomic E-state index is 0.629. The molecule has 0 atom stereocenters. The molecule has 0 heterocycles. The SMILES string of the molecule is CC(=NCCN=C(C)c1ccccc1N)c1ccccc1N. The van der Waals surface area contributed by atoms with E-state index in [1.807, 2.05) is 62.4 Å². The summed E-state index contributed by atoms with van der Waals surface area (Å²) in [6.07, 6.45) is 0. The summed E-state index contributed by atoms with van der Waals surface area (Å²) < 4.78 is 0. The van der Waals surface area contributed by atoms with E-state index in [0.717, 1.165) is 33.9 Å². The molecule has 0 fully saturated rings. The highest BCUT2D eigenvalue weighted by Gasteiger charge is 2.02. The maximum Gasteiger partial charge on any atom is 0.0588 e. The molecule has 22 heavy (non-hydrogen) atoms. The number of hydrogen-bond acceptors (Lipinski definition) is 4. The van der Waals surface area contributed by atoms with Crippen LogP contribution >= 0.6 is 0 Å². The maximum absolute atomic E-state index is 5.94. The van der Waals surface area contributed by atoms with Gasteiger partial charge in [0.25, 0.3) is 0 Å². The second-order valence-electron chi connectivity index (χ2n) is 5.11. The lowest BCUT2D eigenvalue weighted by atomic mass is 10.1. The molecule has 4 N–H and O–H groups in total. The second kappa shape index (κ2) is 7.41. The monoisotopic (exact) mass is 294 g/mol. The number of nitrogens with two attached hydrogens (primary N) is 2. The van der Waals surface area contributed by atoms with Crippen LogP contribution in [0.1, 0.15) is 25.0 Å². The number of benzene rings is 2. The number of anilines is 2. The Kier molecular flexibility index (Phi) is 5.31. The highest BCUT2D eigenvalue weighted by atomic mass is 14.8. The van der Waals surface area contributed by atoms with E-state index < -0.39 is 0 Å². The molecule has 2 rings (SSSR count). The summed E-state index contributed by atoms with van der Waals surface area (Å²) in [4.78, 5) is 9.08. The zero-order chi connectivity index (χ0) is 15.9. The van der Waals surface area contributed by atoms with E-state index in [9.17, 15) is 0 Å². The third-order valence-electron chi connectivity index (χ3n) is 3.50. The molecule has 0 spiro atoms. The van der Waals surface area contributed by atoms with Crippen LogP contribution in [-0.2, 0) is 0 Å². The number of rotatable bonds is 5. The van der Waals surface area contributed by atoms with Crippen LogP contribution < -0.4 is 11.5 Å². The number of para-hydroxylation sites is 2. The van der Waals surface area contributed by atoms with Crippen molar-refractivity contribution >= 4 is 22.8 Å². The van der Waals surface area contributed by atoms with Gasteiger partial charge in [-0.15, -0.1) is 0 Å². The molecule has 114 valence electrons. The second-order valence-corrected chi connectivity index (χ2v) is 5.11. The van der Waals surface area contributed by atoms with Gasteiger partial charge in [0.1, 0.15) is 0 Å². The van der Waals surface area contributed by atoms with Gasteiger partial charge in [0.15, 0.2) is 0 Å². The van der Waals surface area contributed by atoms with E-state index in [2.05, 4.69) is 9.98 Å². The van der Waals surface area contributed by atoms with Crippen molar-refractivity contribution in [3.05, 3.63) is 59.7 Å². The first-order chi connectivity index (χ1) is 10.6. The summed E-state index contributed by atoms with van der Waals surface area (Å²) in [6, 6.07) is 15.5. The van der Waals surface area contributed by atoms with E-state index in [1.54, 1.807) is 0 Å². The fraction of sp³-hybridized carbons (Fsp3) is 0.222. The van der Waals surface area contributed by atoms with Crippen LogP contribution in [0.3, 0.4) is 0 Å². The Morgan fingerprint density at radius 1 is 0.727 bits per heavy atom. The molecule has 0 unspecified atom stereocenters. The Morgan fingerprint density at radius 2 is 1.09 bits per heavy atom. The fourth-order valence-corrected chi connectivity index (χ4v) is 2.26. The summed E-state index contributed by atoms with van der Waals surface area (Å²) >= 11 is 0. The molecule has 0 aliphatic heterocycles. The van der Waals surface area contributed by atoms with Gasteiger partial charge in [0.05, 0.1) is 13.1 Å². The lowest BCUT2D eigenvalue weighted by Gasteiger charge is -2.05. The predicted octanol–water partition coefficient (Wildman–Crippen LogP) is 3.17. The maximum atomic E-state index is 5.94. The van der Waals surface area contributed by atoms with Crippen molar-refractivity contribution in [3.63, 3.8) is 0 Å². The normalized spacial score (nSPS) is 12.5. The van der Waals surface area contributed by atoms with Crippen molar-refractivity contribution in [2.45, 2.75) is 13.8 Å². The Morgan fingerprint density at radius 3 is 1.45 bits per heavy atom. The highest BCUT2D eigenvalue weighted by molar-refractivity contribution is 6.03. The molecule has 0 aliphatic rings. The van der Waals surface area contributed by atoms with Crippen LogP contribution in [0.4, 0.5) is 11.4 Å². The lowest BCUT2D eigenvalue weighted by Crippen LogP contribution is -2.04. The Hall–Kier alpha value is -2.62. The molecule has 0 radical (unpaired) electrons. The van der Waals surface area contributed by atoms with Crippen molar-refractivity contribution in [2.75, 3.05) is 24.6 Å². The molecule has 0 aliphatic carbocycles. The summed E-state index contributed by atoms with van der Waals surface area (Å²) in [5.41, 5.74) is 17.2. The van der Waals surface area contributed by atoms with E-state index >= 15 is 0 Å². The number of nitrogen functional groups attached to an aromatic ring is 2. The summed E-state index contributed by atoms with van der Waals surface area (Å²) in [5, 5.41) is 0. The van der Waals surface area contributed by atoms with Gasteiger partial charge in [-0.1, -0.05) is 36.4 Å². The molecule has 0 aromatic heterocycles. The summed E-state index contributed by atoms with van der Waals surface area (Å²) in [6.45, 7) is 5.20. The molecule has 2 aromatic carbocycles. The highest BCUT2D eigenvalue weighted by Crippen LogP contribution is 2.12. The third-order valence-corrected chi connectivity index (χ3v) is 3.50. The van der Waals surface area contributed by atoms with Crippen LogP contribution in [0.5, 0.6) is 0 Å². The van der Waals surface area contributed by atoms with Gasteiger partial charge in [-0.2, -0.15) is 0 Å². The van der Waals surface area contributed by atoms with Crippen molar-refractivity contribution in [2.24, 2.45) is 9.98 Å². The zero-order valence-corrected chi connectivity index (χ0v) is 13.1. The molecule has 0 amide bonds. The Balaban J connectivity index is 1.99. The van der Waals surface area contributed by atoms with Gasteiger partial charge in [-0.3, -0.25) is 9.98 Å². The molecule has 4 heteroatoms. The van der Waals surface area contributed by atoms with Crippen LogP contribution in [0.25, 0.3) is 0 Å². The average molecular weight is 294 g/mol. The fourth-order valence-electron chi connectivity index (χ4n) is 2.26. The predicted molar refractivity (Wildman–Crippen MR) is 95.9 cm³/mol. The molecule has 4 nitrogen and oxygen atoms in total. The Bertz CT molecular complexity index is 640. The minimum Gasteiger partial charge on any atom is -0.398 e. The molecule has 0 saturated heterocycles. The lowest BCUT2D eigenvalue weighted by molar-refractivity contribution is 0.973. The van der Waals surface area contributed by atoms with Crippen molar-refractivity contribution in [1.82, 2.24) is 0 Å². The van der Waals surface area contributed by atoms with Crippen molar-refractivity contribution < 1.29 is 0 Å². The van der Waals surface area contributed by atoms with Gasteiger partial charge in [-0.05, 0) is 26.0 Å². The van der Waals surface area contributed by atoms with Crippen LogP contribution in [0.15, 0.2) is 58.5 Å². The van der Waals surface area contributed by atoms with E-state index in [1.165, 1.54) is 0 Å². The zero-order valence-electron chi connectivity index (χ0n) is 13.1. The molecule has 0 saturated carbocycles. The average Bonchev–Trinajstić information content (AvgIpc) is 2.52. The first-order valence-corrected chi connectivity index (χ1v) is 7.31. The van der Waals surface area contributed by atoms with Crippen LogP contribution in [-0.4, -0.2) is 24.5 Å². The van der Waals surface area contributed by atoms with Crippen LogP contribution in [0.2, 0.25) is 0 Å². The van der Waals surface area contributed by atoms with E-state index in [-0.39, 0.29) is 0 Å². The largest absolute Gasteiger partial charge is 0.398 e. The van der Waals surface area contributed by atoms with Gasteiger partial charge in [0.2, 0.25) is 0 Å². The van der Waals surface area contributed by atoms with Crippen molar-refractivity contribution in [1.29, 1.82) is 0 Å². The van der Waals surface area contributed by atoms with Crippen LogP contribution in [0, 0.1) is 0 Å². The van der Waals surface area contributed by atoms with Gasteiger partial charge in [0, 0.05) is 33.9 Å². The molecule has 0 bridgehead atoms. The molecular formula is C18H22N4. The number of aliphatic imine (C=N–C) groups is 2. The van der Waals surface area contributed by atoms with Gasteiger partial charge >= 0.3 is 0 Å². The topological polar surface area (TPSA) is 76.8 Å². The van der Waals surface area contributed by atoms with E-state index in [0.29, 0.717) is 13.1 Å². The van der Waals surface area contributed by atoms with E-state index in [4.69, 9.17) is 11.5 Å². The van der Waals surface area contributed by atoms with Crippen molar-refractivity contribution in [3.8, 4) is 0 Å². The number of nitrogens with zero attached hydrogens (tertiary/aromatic N) is 2. The molecular weight excluding hydrogens is 272 g/mol. The summed E-state index contributed by atoms with van der Waals surface area (Å²) in [5.74, 6) is 0. The quantitative estimate of drug-likeness (QED) is 0.505. The molecule has 2 aromatic rings.